The number of hydrogen-bond acceptors (Lipinski definition) is 3. The van der Waals surface area contributed by atoms with Crippen LogP contribution in [0.1, 0.15) is 50.3 Å². The molecule has 0 bridgehead atoms. The quantitative estimate of drug-likeness (QED) is 0.830. The van der Waals surface area contributed by atoms with Crippen molar-refractivity contribution in [3.05, 3.63) is 11.3 Å². The van der Waals surface area contributed by atoms with Crippen LogP contribution in [-0.4, -0.2) is 21.6 Å². The van der Waals surface area contributed by atoms with E-state index < -0.39 is 0 Å². The molecule has 1 aliphatic heterocycles. The SMILES string of the molecule is Clc1c(OC2CCCCC2)cnn1C1CCCS1. The van der Waals surface area contributed by atoms with E-state index in [-0.39, 0.29) is 0 Å². The van der Waals surface area contributed by atoms with Crippen molar-refractivity contribution in [3.63, 3.8) is 0 Å². The molecular weight excluding hydrogens is 268 g/mol. The summed E-state index contributed by atoms with van der Waals surface area (Å²) in [5.41, 5.74) is 0. The van der Waals surface area contributed by atoms with Crippen LogP contribution in [0, 0.1) is 0 Å². The highest BCUT2D eigenvalue weighted by Crippen LogP contribution is 2.39. The molecule has 100 valence electrons. The number of thioether (sulfide) groups is 1. The van der Waals surface area contributed by atoms with Crippen molar-refractivity contribution in [1.29, 1.82) is 0 Å². The van der Waals surface area contributed by atoms with Gasteiger partial charge in [-0.15, -0.1) is 11.8 Å². The van der Waals surface area contributed by atoms with E-state index >= 15 is 0 Å². The molecule has 5 heteroatoms. The van der Waals surface area contributed by atoms with Gasteiger partial charge in [0, 0.05) is 0 Å². The van der Waals surface area contributed by atoms with Crippen molar-refractivity contribution in [2.45, 2.75) is 56.4 Å². The molecule has 0 spiro atoms. The predicted octanol–water partition coefficient (Wildman–Crippen LogP) is 4.27. The largest absolute Gasteiger partial charge is 0.486 e. The van der Waals surface area contributed by atoms with Crippen LogP contribution in [0.15, 0.2) is 6.20 Å². The van der Waals surface area contributed by atoms with E-state index in [9.17, 15) is 0 Å². The van der Waals surface area contributed by atoms with Gasteiger partial charge in [0.2, 0.25) is 0 Å². The molecule has 1 saturated carbocycles. The summed E-state index contributed by atoms with van der Waals surface area (Å²) < 4.78 is 7.93. The third kappa shape index (κ3) is 2.64. The molecule has 1 saturated heterocycles. The van der Waals surface area contributed by atoms with E-state index in [0.717, 1.165) is 25.0 Å². The molecule has 3 rings (SSSR count). The monoisotopic (exact) mass is 286 g/mol. The van der Waals surface area contributed by atoms with Gasteiger partial charge in [-0.2, -0.15) is 5.10 Å². The Bertz CT molecular complexity index is 398. The average Bonchev–Trinajstić information content (AvgIpc) is 3.02. The highest BCUT2D eigenvalue weighted by Gasteiger charge is 2.24. The van der Waals surface area contributed by atoms with Crippen LogP contribution in [0.4, 0.5) is 0 Å². The second kappa shape index (κ2) is 5.74. The van der Waals surface area contributed by atoms with Crippen LogP contribution in [0.3, 0.4) is 0 Å². The van der Waals surface area contributed by atoms with Crippen LogP contribution >= 0.6 is 23.4 Å². The van der Waals surface area contributed by atoms with E-state index in [1.807, 2.05) is 16.4 Å². The number of nitrogens with zero attached hydrogens (tertiary/aromatic N) is 2. The Morgan fingerprint density at radius 3 is 2.78 bits per heavy atom. The van der Waals surface area contributed by atoms with Crippen LogP contribution < -0.4 is 4.74 Å². The number of aromatic nitrogens is 2. The zero-order valence-corrected chi connectivity index (χ0v) is 12.1. The second-order valence-electron chi connectivity index (χ2n) is 5.09. The molecule has 0 radical (unpaired) electrons. The van der Waals surface area contributed by atoms with Crippen LogP contribution in [0.2, 0.25) is 5.15 Å². The van der Waals surface area contributed by atoms with E-state index in [0.29, 0.717) is 16.6 Å². The first kappa shape index (κ1) is 12.7. The summed E-state index contributed by atoms with van der Waals surface area (Å²) in [6.45, 7) is 0. The van der Waals surface area contributed by atoms with Crippen LogP contribution in [-0.2, 0) is 0 Å². The van der Waals surface area contributed by atoms with Gasteiger partial charge >= 0.3 is 0 Å². The Morgan fingerprint density at radius 1 is 1.22 bits per heavy atom. The highest BCUT2D eigenvalue weighted by molar-refractivity contribution is 7.99. The summed E-state index contributed by atoms with van der Waals surface area (Å²) in [5.74, 6) is 1.98. The maximum atomic E-state index is 6.39. The molecule has 2 aliphatic rings. The minimum absolute atomic E-state index is 0.338. The maximum absolute atomic E-state index is 6.39. The highest BCUT2D eigenvalue weighted by atomic mass is 35.5. The van der Waals surface area contributed by atoms with E-state index in [1.165, 1.54) is 31.4 Å². The Labute approximate surface area is 117 Å². The fourth-order valence-electron chi connectivity index (χ4n) is 2.73. The van der Waals surface area contributed by atoms with Gasteiger partial charge in [0.1, 0.15) is 0 Å². The molecule has 0 amide bonds. The Morgan fingerprint density at radius 2 is 2.06 bits per heavy atom. The van der Waals surface area contributed by atoms with Gasteiger partial charge in [0.25, 0.3) is 0 Å². The summed E-state index contributed by atoms with van der Waals surface area (Å²) in [6.07, 6.45) is 10.7. The lowest BCUT2D eigenvalue weighted by atomic mass is 9.98. The van der Waals surface area contributed by atoms with Gasteiger partial charge in [-0.25, -0.2) is 4.68 Å². The van der Waals surface area contributed by atoms with E-state index in [2.05, 4.69) is 5.10 Å². The Balaban J connectivity index is 1.68. The van der Waals surface area contributed by atoms with E-state index in [4.69, 9.17) is 16.3 Å². The molecule has 2 heterocycles. The average molecular weight is 287 g/mol. The van der Waals surface area contributed by atoms with Gasteiger partial charge in [-0.3, -0.25) is 0 Å². The second-order valence-corrected chi connectivity index (χ2v) is 6.73. The smallest absolute Gasteiger partial charge is 0.176 e. The fraction of sp³-hybridized carbons (Fsp3) is 0.769. The first-order valence-electron chi connectivity index (χ1n) is 6.86. The molecule has 1 aliphatic carbocycles. The van der Waals surface area contributed by atoms with Gasteiger partial charge in [-0.1, -0.05) is 18.0 Å². The minimum Gasteiger partial charge on any atom is -0.486 e. The Kier molecular flexibility index (Phi) is 4.04. The molecule has 0 aromatic carbocycles. The molecule has 0 N–H and O–H groups in total. The third-order valence-corrected chi connectivity index (χ3v) is 5.43. The van der Waals surface area contributed by atoms with Gasteiger partial charge in [-0.05, 0) is 44.3 Å². The summed E-state index contributed by atoms with van der Waals surface area (Å²) in [6, 6.07) is 0. The summed E-state index contributed by atoms with van der Waals surface area (Å²) in [4.78, 5) is 0. The lowest BCUT2D eigenvalue weighted by Gasteiger charge is -2.22. The molecule has 1 aromatic heterocycles. The minimum atomic E-state index is 0.338. The van der Waals surface area contributed by atoms with Crippen molar-refractivity contribution in [2.24, 2.45) is 0 Å². The number of halogens is 1. The Hall–Kier alpha value is -0.350. The summed E-state index contributed by atoms with van der Waals surface area (Å²) in [5, 5.41) is 5.49. The van der Waals surface area contributed by atoms with Crippen LogP contribution in [0.5, 0.6) is 5.75 Å². The van der Waals surface area contributed by atoms with E-state index in [1.54, 1.807) is 6.20 Å². The first-order chi connectivity index (χ1) is 8.84. The van der Waals surface area contributed by atoms with Gasteiger partial charge < -0.3 is 4.74 Å². The zero-order chi connectivity index (χ0) is 12.4. The molecule has 1 unspecified atom stereocenters. The molecule has 3 nitrogen and oxygen atoms in total. The number of ether oxygens (including phenoxy) is 1. The lowest BCUT2D eigenvalue weighted by Crippen LogP contribution is -2.19. The predicted molar refractivity (Wildman–Crippen MR) is 75.5 cm³/mol. The van der Waals surface area contributed by atoms with Gasteiger partial charge in [0.15, 0.2) is 10.9 Å². The molecule has 1 atom stereocenters. The molecule has 1 aromatic rings. The third-order valence-electron chi connectivity index (χ3n) is 3.73. The molecule has 18 heavy (non-hydrogen) atoms. The summed E-state index contributed by atoms with van der Waals surface area (Å²) in [7, 11) is 0. The number of hydrogen-bond donors (Lipinski definition) is 0. The van der Waals surface area contributed by atoms with Gasteiger partial charge in [0.05, 0.1) is 17.7 Å². The molecule has 2 fully saturated rings. The van der Waals surface area contributed by atoms with Crippen molar-refractivity contribution >= 4 is 23.4 Å². The van der Waals surface area contributed by atoms with Crippen molar-refractivity contribution < 1.29 is 4.74 Å². The van der Waals surface area contributed by atoms with Crippen molar-refractivity contribution in [2.75, 3.05) is 5.75 Å². The van der Waals surface area contributed by atoms with Crippen molar-refractivity contribution in [3.8, 4) is 5.75 Å². The molecular formula is C13H19ClN2OS. The normalized spacial score (nSPS) is 25.5. The van der Waals surface area contributed by atoms with Crippen molar-refractivity contribution in [1.82, 2.24) is 9.78 Å². The van der Waals surface area contributed by atoms with Crippen LogP contribution in [0.25, 0.3) is 0 Å². The topological polar surface area (TPSA) is 27.1 Å². The standard InChI is InChI=1S/C13H19ClN2OS/c14-13-11(17-10-5-2-1-3-6-10)9-15-16(13)12-7-4-8-18-12/h9-10,12H,1-8H2. The zero-order valence-electron chi connectivity index (χ0n) is 10.5. The number of rotatable bonds is 3. The summed E-state index contributed by atoms with van der Waals surface area (Å²) >= 11 is 8.32. The maximum Gasteiger partial charge on any atom is 0.176 e. The fourth-order valence-corrected chi connectivity index (χ4v) is 4.28. The first-order valence-corrected chi connectivity index (χ1v) is 8.28. The lowest BCUT2D eigenvalue weighted by molar-refractivity contribution is 0.155.